The van der Waals surface area contributed by atoms with Gasteiger partial charge in [0.1, 0.15) is 0 Å². The molecule has 0 bridgehead atoms. The topological polar surface area (TPSA) is 84.9 Å². The van der Waals surface area contributed by atoms with E-state index in [4.69, 9.17) is 9.47 Å². The second-order valence-corrected chi connectivity index (χ2v) is 10.6. The van der Waals surface area contributed by atoms with Crippen LogP contribution in [0.1, 0.15) is 43.2 Å². The standard InChI is InChI=1S/C24H26F6N2O5S/c1-36-20-9-8-19(13-21(20)37-2)38(34,35)32(18-6-4-3-5-7-18)14-22(33)31-17-11-15(23(25,26)27)10-16(12-17)24(28,29)30/h8-13,18H,3-7,14H2,1-2H3,(H,31,33). The molecule has 1 N–H and O–H groups in total. The molecule has 1 amide bonds. The molecule has 2 aromatic carbocycles. The summed E-state index contributed by atoms with van der Waals surface area (Å²) in [6, 6.07) is 3.90. The average molecular weight is 569 g/mol. The maximum absolute atomic E-state index is 13.6. The van der Waals surface area contributed by atoms with Crippen LogP contribution in [0.15, 0.2) is 41.3 Å². The molecule has 38 heavy (non-hydrogen) atoms. The highest BCUT2D eigenvalue weighted by Crippen LogP contribution is 2.38. The number of anilines is 1. The normalized spacial score (nSPS) is 15.4. The van der Waals surface area contributed by atoms with Gasteiger partial charge in [-0.15, -0.1) is 0 Å². The van der Waals surface area contributed by atoms with Crippen molar-refractivity contribution in [3.63, 3.8) is 0 Å². The first-order valence-electron chi connectivity index (χ1n) is 11.5. The second kappa shape index (κ2) is 11.4. The number of amides is 1. The molecule has 1 fully saturated rings. The van der Waals surface area contributed by atoms with Crippen molar-refractivity contribution in [2.75, 3.05) is 26.1 Å². The lowest BCUT2D eigenvalue weighted by Crippen LogP contribution is -2.45. The fourth-order valence-electron chi connectivity index (χ4n) is 4.26. The number of hydrogen-bond donors (Lipinski definition) is 1. The van der Waals surface area contributed by atoms with E-state index in [1.165, 1.54) is 32.4 Å². The van der Waals surface area contributed by atoms with E-state index in [2.05, 4.69) is 0 Å². The van der Waals surface area contributed by atoms with Gasteiger partial charge in [-0.1, -0.05) is 19.3 Å². The number of rotatable bonds is 8. The summed E-state index contributed by atoms with van der Waals surface area (Å²) in [7, 11) is -1.66. The van der Waals surface area contributed by atoms with Gasteiger partial charge in [-0.3, -0.25) is 4.79 Å². The third-order valence-corrected chi connectivity index (χ3v) is 8.01. The first-order chi connectivity index (χ1) is 17.7. The van der Waals surface area contributed by atoms with Crippen LogP contribution >= 0.6 is 0 Å². The van der Waals surface area contributed by atoms with Crippen LogP contribution in [0.5, 0.6) is 11.5 Å². The van der Waals surface area contributed by atoms with E-state index in [0.717, 1.165) is 10.7 Å². The Hall–Kier alpha value is -3.00. The van der Waals surface area contributed by atoms with Crippen LogP contribution in [-0.2, 0) is 27.2 Å². The minimum absolute atomic E-state index is 0.0640. The quantitative estimate of drug-likeness (QED) is 0.413. The lowest BCUT2D eigenvalue weighted by Gasteiger charge is -2.33. The third kappa shape index (κ3) is 6.90. The van der Waals surface area contributed by atoms with E-state index in [1.807, 2.05) is 5.32 Å². The van der Waals surface area contributed by atoms with Crippen molar-refractivity contribution in [2.45, 2.75) is 55.4 Å². The van der Waals surface area contributed by atoms with Crippen LogP contribution in [-0.4, -0.2) is 45.4 Å². The van der Waals surface area contributed by atoms with Crippen molar-refractivity contribution in [1.82, 2.24) is 4.31 Å². The van der Waals surface area contributed by atoms with Gasteiger partial charge >= 0.3 is 12.4 Å². The predicted octanol–water partition coefficient (Wildman–Crippen LogP) is 5.70. The van der Waals surface area contributed by atoms with Crippen molar-refractivity contribution >= 4 is 21.6 Å². The van der Waals surface area contributed by atoms with Gasteiger partial charge in [0.25, 0.3) is 0 Å². The monoisotopic (exact) mass is 568 g/mol. The zero-order chi connectivity index (χ0) is 28.3. The number of methoxy groups -OCH3 is 2. The molecule has 2 aromatic rings. The van der Waals surface area contributed by atoms with Crippen LogP contribution < -0.4 is 14.8 Å². The van der Waals surface area contributed by atoms with E-state index in [-0.39, 0.29) is 22.5 Å². The van der Waals surface area contributed by atoms with E-state index >= 15 is 0 Å². The Labute approximate surface area is 215 Å². The fraction of sp³-hybridized carbons (Fsp3) is 0.458. The summed E-state index contributed by atoms with van der Waals surface area (Å²) in [5.74, 6) is -0.712. The van der Waals surface area contributed by atoms with Gasteiger partial charge in [0, 0.05) is 17.8 Å². The van der Waals surface area contributed by atoms with Gasteiger partial charge in [0.15, 0.2) is 11.5 Å². The third-order valence-electron chi connectivity index (χ3n) is 6.11. The Balaban J connectivity index is 1.95. The molecule has 1 saturated carbocycles. The SMILES string of the molecule is COc1ccc(S(=O)(=O)N(CC(=O)Nc2cc(C(F)(F)F)cc(C(F)(F)F)c2)C2CCCCC2)cc1OC. The van der Waals surface area contributed by atoms with Crippen molar-refractivity contribution in [2.24, 2.45) is 0 Å². The summed E-state index contributed by atoms with van der Waals surface area (Å²) in [6.45, 7) is -0.820. The number of nitrogens with zero attached hydrogens (tertiary/aromatic N) is 1. The number of carbonyl (C=O) groups excluding carboxylic acids is 1. The zero-order valence-corrected chi connectivity index (χ0v) is 21.3. The molecule has 0 atom stereocenters. The van der Waals surface area contributed by atoms with Gasteiger partial charge in [-0.05, 0) is 43.2 Å². The molecule has 0 radical (unpaired) electrons. The Morgan fingerprint density at radius 3 is 1.95 bits per heavy atom. The largest absolute Gasteiger partial charge is 0.493 e. The first-order valence-corrected chi connectivity index (χ1v) is 12.9. The van der Waals surface area contributed by atoms with Crippen LogP contribution in [0.25, 0.3) is 0 Å². The Kier molecular flexibility index (Phi) is 8.86. The molecule has 1 aliphatic rings. The van der Waals surface area contributed by atoms with Crippen molar-refractivity contribution < 1.29 is 49.0 Å². The number of carbonyl (C=O) groups is 1. The summed E-state index contributed by atoms with van der Waals surface area (Å²) in [5, 5.41) is 2.01. The molecule has 14 heteroatoms. The number of benzene rings is 2. The highest BCUT2D eigenvalue weighted by atomic mass is 32.2. The Morgan fingerprint density at radius 2 is 1.45 bits per heavy atom. The number of alkyl halides is 6. The highest BCUT2D eigenvalue weighted by molar-refractivity contribution is 7.89. The molecular weight excluding hydrogens is 542 g/mol. The highest BCUT2D eigenvalue weighted by Gasteiger charge is 2.38. The molecule has 0 aliphatic heterocycles. The molecular formula is C24H26F6N2O5S. The average Bonchev–Trinajstić information content (AvgIpc) is 2.86. The molecule has 7 nitrogen and oxygen atoms in total. The number of sulfonamides is 1. The number of hydrogen-bond acceptors (Lipinski definition) is 5. The maximum atomic E-state index is 13.6. The summed E-state index contributed by atoms with van der Waals surface area (Å²) in [5.41, 5.74) is -3.97. The van der Waals surface area contributed by atoms with Crippen LogP contribution in [0, 0.1) is 0 Å². The Bertz CT molecular complexity index is 1230. The summed E-state index contributed by atoms with van der Waals surface area (Å²) in [4.78, 5) is 12.6. The second-order valence-electron chi connectivity index (χ2n) is 8.70. The molecule has 210 valence electrons. The minimum Gasteiger partial charge on any atom is -0.493 e. The molecule has 0 unspecified atom stereocenters. The molecule has 0 saturated heterocycles. The van der Waals surface area contributed by atoms with Gasteiger partial charge in [0.05, 0.1) is 36.8 Å². The lowest BCUT2D eigenvalue weighted by molar-refractivity contribution is -0.143. The maximum Gasteiger partial charge on any atom is 0.416 e. The van der Waals surface area contributed by atoms with E-state index in [0.29, 0.717) is 37.8 Å². The van der Waals surface area contributed by atoms with Gasteiger partial charge < -0.3 is 14.8 Å². The summed E-state index contributed by atoms with van der Waals surface area (Å²) < 4.78 is 118. The fourth-order valence-corrected chi connectivity index (χ4v) is 5.92. The molecule has 1 aliphatic carbocycles. The van der Waals surface area contributed by atoms with Crippen molar-refractivity contribution in [1.29, 1.82) is 0 Å². The molecule has 0 spiro atoms. The first kappa shape index (κ1) is 29.6. The van der Waals surface area contributed by atoms with E-state index in [1.54, 1.807) is 0 Å². The number of halogens is 6. The van der Waals surface area contributed by atoms with Gasteiger partial charge in [-0.25, -0.2) is 8.42 Å². The predicted molar refractivity (Wildman–Crippen MR) is 125 cm³/mol. The smallest absolute Gasteiger partial charge is 0.416 e. The van der Waals surface area contributed by atoms with Gasteiger partial charge in [0.2, 0.25) is 15.9 Å². The zero-order valence-electron chi connectivity index (χ0n) is 20.4. The van der Waals surface area contributed by atoms with Crippen LogP contribution in [0.4, 0.5) is 32.0 Å². The van der Waals surface area contributed by atoms with E-state index in [9.17, 15) is 39.6 Å². The van der Waals surface area contributed by atoms with E-state index < -0.39 is 57.7 Å². The van der Waals surface area contributed by atoms with Crippen LogP contribution in [0.2, 0.25) is 0 Å². The van der Waals surface area contributed by atoms with Gasteiger partial charge in [-0.2, -0.15) is 30.6 Å². The number of nitrogens with one attached hydrogen (secondary N) is 1. The van der Waals surface area contributed by atoms with Crippen LogP contribution in [0.3, 0.4) is 0 Å². The Morgan fingerprint density at radius 1 is 0.895 bits per heavy atom. The molecule has 0 aromatic heterocycles. The lowest BCUT2D eigenvalue weighted by atomic mass is 9.95. The summed E-state index contributed by atoms with van der Waals surface area (Å²) in [6.07, 6.45) is -7.11. The molecule has 0 heterocycles. The summed E-state index contributed by atoms with van der Waals surface area (Å²) >= 11 is 0. The molecule has 3 rings (SSSR count). The van der Waals surface area contributed by atoms with Crippen molar-refractivity contribution in [3.05, 3.63) is 47.5 Å². The van der Waals surface area contributed by atoms with Crippen molar-refractivity contribution in [3.8, 4) is 11.5 Å². The number of ether oxygens (including phenoxy) is 2. The minimum atomic E-state index is -5.11.